The van der Waals surface area contributed by atoms with Gasteiger partial charge in [-0.15, -0.1) is 0 Å². The van der Waals surface area contributed by atoms with Crippen LogP contribution in [0.2, 0.25) is 0 Å². The minimum absolute atomic E-state index is 0.0981. The Kier molecular flexibility index (Phi) is 4.91. The maximum absolute atomic E-state index is 11.9. The van der Waals surface area contributed by atoms with Crippen LogP contribution in [0.15, 0.2) is 0 Å². The fourth-order valence-corrected chi connectivity index (χ4v) is 1.96. The van der Waals surface area contributed by atoms with Crippen molar-refractivity contribution in [3.63, 3.8) is 0 Å². The number of alkyl halides is 3. The standard InChI is InChI=1S/C9H14F3NO2S/c10-9(11,12)16-4-3-13(6-8(14)15)5-7-1-2-7/h7H,1-6H2,(H,14,15). The van der Waals surface area contributed by atoms with Crippen molar-refractivity contribution in [2.75, 3.05) is 25.4 Å². The fourth-order valence-electron chi connectivity index (χ4n) is 1.38. The quantitative estimate of drug-likeness (QED) is 0.757. The highest BCUT2D eigenvalue weighted by atomic mass is 32.2. The molecule has 16 heavy (non-hydrogen) atoms. The van der Waals surface area contributed by atoms with E-state index in [2.05, 4.69) is 0 Å². The zero-order chi connectivity index (χ0) is 12.2. The van der Waals surface area contributed by atoms with E-state index in [-0.39, 0.29) is 30.6 Å². The largest absolute Gasteiger partial charge is 0.480 e. The molecule has 1 aliphatic carbocycles. The van der Waals surface area contributed by atoms with Crippen LogP contribution in [0.1, 0.15) is 12.8 Å². The third-order valence-electron chi connectivity index (χ3n) is 2.25. The van der Waals surface area contributed by atoms with Gasteiger partial charge < -0.3 is 5.11 Å². The second kappa shape index (κ2) is 5.77. The molecule has 0 aromatic carbocycles. The summed E-state index contributed by atoms with van der Waals surface area (Å²) in [6.45, 7) is 0.604. The average molecular weight is 257 g/mol. The van der Waals surface area contributed by atoms with Gasteiger partial charge >= 0.3 is 11.5 Å². The number of hydrogen-bond acceptors (Lipinski definition) is 3. The predicted octanol–water partition coefficient (Wildman–Crippen LogP) is 2.04. The summed E-state index contributed by atoms with van der Waals surface area (Å²) in [5.74, 6) is -0.614. The van der Waals surface area contributed by atoms with E-state index >= 15 is 0 Å². The van der Waals surface area contributed by atoms with Crippen LogP contribution in [0, 0.1) is 5.92 Å². The summed E-state index contributed by atoms with van der Waals surface area (Å²) in [4.78, 5) is 12.1. The monoisotopic (exact) mass is 257 g/mol. The molecule has 0 aromatic heterocycles. The highest BCUT2D eigenvalue weighted by Crippen LogP contribution is 2.31. The van der Waals surface area contributed by atoms with E-state index in [0.29, 0.717) is 12.5 Å². The Morgan fingerprint density at radius 2 is 2.06 bits per heavy atom. The molecule has 0 radical (unpaired) electrons. The van der Waals surface area contributed by atoms with Gasteiger partial charge in [0.15, 0.2) is 0 Å². The number of carboxylic acids is 1. The van der Waals surface area contributed by atoms with Gasteiger partial charge in [-0.05, 0) is 30.5 Å². The Balaban J connectivity index is 2.22. The number of carbonyl (C=O) groups is 1. The van der Waals surface area contributed by atoms with Crippen molar-refractivity contribution < 1.29 is 23.1 Å². The van der Waals surface area contributed by atoms with E-state index in [1.54, 1.807) is 4.90 Å². The van der Waals surface area contributed by atoms with E-state index in [4.69, 9.17) is 5.11 Å². The first-order chi connectivity index (χ1) is 7.37. The molecular weight excluding hydrogens is 243 g/mol. The molecule has 0 unspecified atom stereocenters. The van der Waals surface area contributed by atoms with E-state index in [1.165, 1.54) is 0 Å². The topological polar surface area (TPSA) is 40.5 Å². The van der Waals surface area contributed by atoms with Crippen LogP contribution in [0.4, 0.5) is 13.2 Å². The number of nitrogens with zero attached hydrogens (tertiary/aromatic N) is 1. The van der Waals surface area contributed by atoms with E-state index in [0.717, 1.165) is 12.8 Å². The molecule has 1 N–H and O–H groups in total. The summed E-state index contributed by atoms with van der Waals surface area (Å²) in [5, 5.41) is 8.61. The van der Waals surface area contributed by atoms with Crippen molar-refractivity contribution in [1.82, 2.24) is 4.90 Å². The smallest absolute Gasteiger partial charge is 0.441 e. The molecule has 0 aliphatic heterocycles. The molecule has 0 bridgehead atoms. The van der Waals surface area contributed by atoms with E-state index < -0.39 is 11.5 Å². The molecule has 0 amide bonds. The highest BCUT2D eigenvalue weighted by Gasteiger charge is 2.29. The van der Waals surface area contributed by atoms with Crippen LogP contribution >= 0.6 is 11.8 Å². The third kappa shape index (κ3) is 6.95. The second-order valence-corrected chi connectivity index (χ2v) is 5.03. The highest BCUT2D eigenvalue weighted by molar-refractivity contribution is 8.00. The van der Waals surface area contributed by atoms with Crippen molar-refractivity contribution in [2.24, 2.45) is 5.92 Å². The SMILES string of the molecule is O=C(O)CN(CCSC(F)(F)F)CC1CC1. The van der Waals surface area contributed by atoms with Crippen LogP contribution in [0.3, 0.4) is 0 Å². The molecule has 3 nitrogen and oxygen atoms in total. The number of halogens is 3. The second-order valence-electron chi connectivity index (χ2n) is 3.87. The number of rotatable bonds is 7. The van der Waals surface area contributed by atoms with Gasteiger partial charge in [-0.2, -0.15) is 13.2 Å². The lowest BCUT2D eigenvalue weighted by Crippen LogP contribution is -2.33. The normalized spacial score (nSPS) is 16.8. The third-order valence-corrected chi connectivity index (χ3v) is 2.96. The van der Waals surface area contributed by atoms with Gasteiger partial charge in [-0.1, -0.05) is 0 Å². The minimum atomic E-state index is -4.23. The average Bonchev–Trinajstić information content (AvgIpc) is 2.84. The van der Waals surface area contributed by atoms with Crippen molar-refractivity contribution in [3.8, 4) is 0 Å². The number of carboxylic acid groups (broad SMARTS) is 1. The Hall–Kier alpha value is -0.430. The molecule has 94 valence electrons. The predicted molar refractivity (Wildman–Crippen MR) is 55.3 cm³/mol. The van der Waals surface area contributed by atoms with Crippen molar-refractivity contribution in [3.05, 3.63) is 0 Å². The van der Waals surface area contributed by atoms with Crippen LogP contribution < -0.4 is 0 Å². The van der Waals surface area contributed by atoms with Crippen LogP contribution in [0.25, 0.3) is 0 Å². The summed E-state index contributed by atoms with van der Waals surface area (Å²) >= 11 is -0.0981. The molecule has 0 spiro atoms. The summed E-state index contributed by atoms with van der Waals surface area (Å²) in [6, 6.07) is 0. The molecule has 0 atom stereocenters. The Labute approximate surface area is 96.0 Å². The Morgan fingerprint density at radius 1 is 1.44 bits per heavy atom. The van der Waals surface area contributed by atoms with Crippen LogP contribution in [-0.2, 0) is 4.79 Å². The molecule has 0 saturated heterocycles. The molecule has 1 aliphatic rings. The molecule has 1 saturated carbocycles. The van der Waals surface area contributed by atoms with Gasteiger partial charge in [0.05, 0.1) is 6.54 Å². The van der Waals surface area contributed by atoms with E-state index in [9.17, 15) is 18.0 Å². The minimum Gasteiger partial charge on any atom is -0.480 e. The van der Waals surface area contributed by atoms with Gasteiger partial charge in [-0.3, -0.25) is 9.69 Å². The van der Waals surface area contributed by atoms with Crippen molar-refractivity contribution in [1.29, 1.82) is 0 Å². The molecule has 7 heteroatoms. The molecule has 1 rings (SSSR count). The summed E-state index contributed by atoms with van der Waals surface area (Å²) < 4.78 is 35.6. The van der Waals surface area contributed by atoms with Crippen LogP contribution in [-0.4, -0.2) is 46.9 Å². The maximum Gasteiger partial charge on any atom is 0.441 e. The van der Waals surface area contributed by atoms with Crippen molar-refractivity contribution >= 4 is 17.7 Å². The summed E-state index contributed by atoms with van der Waals surface area (Å²) in [5.41, 5.74) is -4.23. The molecular formula is C9H14F3NO2S. The lowest BCUT2D eigenvalue weighted by atomic mass is 10.3. The number of hydrogen-bond donors (Lipinski definition) is 1. The molecule has 0 aromatic rings. The summed E-state index contributed by atoms with van der Waals surface area (Å²) in [6.07, 6.45) is 2.12. The van der Waals surface area contributed by atoms with Gasteiger partial charge in [0, 0.05) is 18.8 Å². The zero-order valence-electron chi connectivity index (χ0n) is 8.66. The lowest BCUT2D eigenvalue weighted by Gasteiger charge is -2.19. The first-order valence-corrected chi connectivity index (χ1v) is 6.00. The first-order valence-electron chi connectivity index (χ1n) is 5.01. The summed E-state index contributed by atoms with van der Waals surface area (Å²) in [7, 11) is 0. The van der Waals surface area contributed by atoms with Gasteiger partial charge in [-0.25, -0.2) is 0 Å². The van der Waals surface area contributed by atoms with E-state index in [1.807, 2.05) is 0 Å². The number of aliphatic carboxylic acids is 1. The van der Waals surface area contributed by atoms with Gasteiger partial charge in [0.25, 0.3) is 0 Å². The fraction of sp³-hybridized carbons (Fsp3) is 0.889. The lowest BCUT2D eigenvalue weighted by molar-refractivity contribution is -0.138. The van der Waals surface area contributed by atoms with Gasteiger partial charge in [0.1, 0.15) is 0 Å². The van der Waals surface area contributed by atoms with Crippen molar-refractivity contribution in [2.45, 2.75) is 18.3 Å². The first kappa shape index (κ1) is 13.6. The zero-order valence-corrected chi connectivity index (χ0v) is 9.48. The van der Waals surface area contributed by atoms with Gasteiger partial charge in [0.2, 0.25) is 0 Å². The number of thioether (sulfide) groups is 1. The maximum atomic E-state index is 11.9. The van der Waals surface area contributed by atoms with Crippen LogP contribution in [0.5, 0.6) is 0 Å². The molecule has 1 fully saturated rings. The Bertz CT molecular complexity index is 243. The molecule has 0 heterocycles. The Morgan fingerprint density at radius 3 is 2.50 bits per heavy atom.